The number of aliphatic hydroxyl groups is 1. The van der Waals surface area contributed by atoms with E-state index in [1.165, 1.54) is 28.0 Å². The minimum Gasteiger partial charge on any atom is -0.507 e. The van der Waals surface area contributed by atoms with Crippen molar-refractivity contribution in [1.29, 1.82) is 0 Å². The van der Waals surface area contributed by atoms with Crippen LogP contribution in [0.25, 0.3) is 5.76 Å². The molecule has 0 radical (unpaired) electrons. The zero-order chi connectivity index (χ0) is 29.6. The average Bonchev–Trinajstić information content (AvgIpc) is 3.58. The van der Waals surface area contributed by atoms with E-state index < -0.39 is 17.7 Å². The zero-order valence-corrected chi connectivity index (χ0v) is 25.3. The number of nitrogens with zero attached hydrogens (tertiary/aromatic N) is 3. The number of hydrogen-bond donors (Lipinski definition) is 1. The van der Waals surface area contributed by atoms with Gasteiger partial charge in [0.25, 0.3) is 5.78 Å². The van der Waals surface area contributed by atoms with Crippen LogP contribution in [0.1, 0.15) is 42.5 Å². The van der Waals surface area contributed by atoms with E-state index in [2.05, 4.69) is 17.1 Å². The van der Waals surface area contributed by atoms with Gasteiger partial charge in [-0.05, 0) is 60.0 Å². The van der Waals surface area contributed by atoms with E-state index >= 15 is 0 Å². The summed E-state index contributed by atoms with van der Waals surface area (Å²) >= 11 is 8.93. The minimum atomic E-state index is -0.948. The van der Waals surface area contributed by atoms with Gasteiger partial charge in [-0.25, -0.2) is 0 Å². The number of ether oxygens (including phenoxy) is 2. The molecule has 8 nitrogen and oxygen atoms in total. The molecule has 3 aromatic carbocycles. The first-order chi connectivity index (χ1) is 20.4. The van der Waals surface area contributed by atoms with Gasteiger partial charge < -0.3 is 14.6 Å². The quantitative estimate of drug-likeness (QED) is 0.0465. The SMILES string of the molecule is CCCCOc1cccc(C2/C(=C(\O)c3ccc(OC)cc3)C(=O)C(=O)N2c2nnc(SCc3ccccc3Cl)s2)c1. The molecule has 4 aromatic rings. The highest BCUT2D eigenvalue weighted by molar-refractivity contribution is 8.00. The predicted octanol–water partition coefficient (Wildman–Crippen LogP) is 7.30. The molecule has 1 aromatic heterocycles. The topological polar surface area (TPSA) is 102 Å². The molecule has 1 N–H and O–H groups in total. The van der Waals surface area contributed by atoms with E-state index in [-0.39, 0.29) is 16.5 Å². The number of rotatable bonds is 11. The largest absolute Gasteiger partial charge is 0.507 e. The Morgan fingerprint density at radius 2 is 1.83 bits per heavy atom. The van der Waals surface area contributed by atoms with Crippen molar-refractivity contribution < 1.29 is 24.2 Å². The smallest absolute Gasteiger partial charge is 0.301 e. The number of carbonyl (C=O) groups excluding carboxylic acids is 2. The Bertz CT molecular complexity index is 1620. The molecule has 1 fully saturated rings. The van der Waals surface area contributed by atoms with Crippen LogP contribution in [0.15, 0.2) is 82.7 Å². The third kappa shape index (κ3) is 6.30. The van der Waals surface area contributed by atoms with Gasteiger partial charge >= 0.3 is 5.91 Å². The second-order valence-corrected chi connectivity index (χ2v) is 12.0. The van der Waals surface area contributed by atoms with Gasteiger partial charge in [-0.15, -0.1) is 10.2 Å². The molecule has 1 amide bonds. The lowest BCUT2D eigenvalue weighted by atomic mass is 9.95. The Morgan fingerprint density at radius 1 is 1.05 bits per heavy atom. The highest BCUT2D eigenvalue weighted by Crippen LogP contribution is 2.44. The number of hydrogen-bond acceptors (Lipinski definition) is 9. The normalized spacial score (nSPS) is 16.2. The fraction of sp³-hybridized carbons (Fsp3) is 0.226. The summed E-state index contributed by atoms with van der Waals surface area (Å²) in [6, 6.07) is 20.4. The molecular weight excluding hydrogens is 594 g/mol. The second kappa shape index (κ2) is 13.4. The monoisotopic (exact) mass is 621 g/mol. The molecule has 0 saturated carbocycles. The number of thioether (sulfide) groups is 1. The maximum atomic E-state index is 13.6. The van der Waals surface area contributed by atoms with Crippen molar-refractivity contribution in [2.24, 2.45) is 0 Å². The van der Waals surface area contributed by atoms with Crippen molar-refractivity contribution in [2.45, 2.75) is 35.9 Å². The lowest BCUT2D eigenvalue weighted by Crippen LogP contribution is -2.29. The van der Waals surface area contributed by atoms with Gasteiger partial charge in [0.1, 0.15) is 17.3 Å². The number of Topliss-reactive ketones (excluding diaryl/α,β-unsaturated/α-hetero) is 1. The van der Waals surface area contributed by atoms with Crippen molar-refractivity contribution in [3.63, 3.8) is 0 Å². The fourth-order valence-electron chi connectivity index (χ4n) is 4.47. The number of anilines is 1. The van der Waals surface area contributed by atoms with Crippen LogP contribution in [-0.2, 0) is 15.3 Å². The third-order valence-corrected chi connectivity index (χ3v) is 9.13. The predicted molar refractivity (Wildman–Crippen MR) is 166 cm³/mol. The van der Waals surface area contributed by atoms with Gasteiger partial charge in [0.2, 0.25) is 5.13 Å². The Labute approximate surface area is 257 Å². The number of aromatic nitrogens is 2. The van der Waals surface area contributed by atoms with Crippen LogP contribution in [0, 0.1) is 0 Å². The lowest BCUT2D eigenvalue weighted by Gasteiger charge is -2.23. The van der Waals surface area contributed by atoms with E-state index in [9.17, 15) is 14.7 Å². The van der Waals surface area contributed by atoms with Gasteiger partial charge in [0.05, 0.1) is 25.3 Å². The summed E-state index contributed by atoms with van der Waals surface area (Å²) in [5.74, 6) is -0.151. The van der Waals surface area contributed by atoms with Crippen LogP contribution >= 0.6 is 34.7 Å². The number of methoxy groups -OCH3 is 1. The standard InChI is InChI=1S/C31H28ClN3O5S2/c1-3-4-16-40-23-10-7-9-20(17-23)26-25(27(36)19-12-14-22(39-2)15-13-19)28(37)29(38)35(26)30-33-34-31(42-30)41-18-21-8-5-6-11-24(21)32/h5-15,17,26,36H,3-4,16,18H2,1-2H3/b27-25+. The molecule has 11 heteroatoms. The first kappa shape index (κ1) is 29.6. The van der Waals surface area contributed by atoms with Crippen LogP contribution in [0.3, 0.4) is 0 Å². The number of aliphatic hydroxyl groups excluding tert-OH is 1. The Hall–Kier alpha value is -3.86. The summed E-state index contributed by atoms with van der Waals surface area (Å²) in [5.41, 5.74) is 1.87. The second-order valence-electron chi connectivity index (χ2n) is 9.40. The van der Waals surface area contributed by atoms with Crippen molar-refractivity contribution in [1.82, 2.24) is 10.2 Å². The number of benzene rings is 3. The third-order valence-electron chi connectivity index (χ3n) is 6.66. The molecule has 42 heavy (non-hydrogen) atoms. The Morgan fingerprint density at radius 3 is 2.57 bits per heavy atom. The van der Waals surface area contributed by atoms with Crippen molar-refractivity contribution in [3.05, 3.63) is 100 Å². The maximum Gasteiger partial charge on any atom is 0.301 e. The maximum absolute atomic E-state index is 13.6. The van der Waals surface area contributed by atoms with Gasteiger partial charge in [0.15, 0.2) is 4.34 Å². The van der Waals surface area contributed by atoms with Crippen LogP contribution in [0.2, 0.25) is 5.02 Å². The number of halogens is 1. The molecule has 216 valence electrons. The first-order valence-electron chi connectivity index (χ1n) is 13.3. The highest BCUT2D eigenvalue weighted by atomic mass is 35.5. The Balaban J connectivity index is 1.54. The molecular formula is C31H28ClN3O5S2. The van der Waals surface area contributed by atoms with Gasteiger partial charge in [-0.2, -0.15) is 0 Å². The summed E-state index contributed by atoms with van der Waals surface area (Å²) in [7, 11) is 1.54. The summed E-state index contributed by atoms with van der Waals surface area (Å²) in [6.45, 7) is 2.61. The number of amides is 1. The molecule has 2 heterocycles. The zero-order valence-electron chi connectivity index (χ0n) is 23.0. The van der Waals surface area contributed by atoms with E-state index in [0.717, 1.165) is 18.4 Å². The van der Waals surface area contributed by atoms with E-state index in [0.29, 0.717) is 44.3 Å². The minimum absolute atomic E-state index is 0.0451. The summed E-state index contributed by atoms with van der Waals surface area (Å²) in [4.78, 5) is 28.4. The fourth-order valence-corrected chi connectivity index (χ4v) is 6.62. The number of ketones is 1. The van der Waals surface area contributed by atoms with Gasteiger partial charge in [-0.3, -0.25) is 14.5 Å². The molecule has 0 bridgehead atoms. The van der Waals surface area contributed by atoms with Gasteiger partial charge in [-0.1, -0.05) is 78.4 Å². The summed E-state index contributed by atoms with van der Waals surface area (Å²) < 4.78 is 11.7. The highest BCUT2D eigenvalue weighted by Gasteiger charge is 2.48. The molecule has 1 aliphatic heterocycles. The molecule has 1 saturated heterocycles. The van der Waals surface area contributed by atoms with E-state index in [1.807, 2.05) is 30.3 Å². The van der Waals surface area contributed by atoms with Crippen LogP contribution in [-0.4, -0.2) is 40.7 Å². The van der Waals surface area contributed by atoms with E-state index in [1.54, 1.807) is 49.6 Å². The molecule has 5 rings (SSSR count). The number of unbranched alkanes of at least 4 members (excludes halogenated alkanes) is 1. The number of carbonyl (C=O) groups is 2. The van der Waals surface area contributed by atoms with E-state index in [4.69, 9.17) is 21.1 Å². The molecule has 1 aliphatic rings. The molecule has 1 atom stereocenters. The summed E-state index contributed by atoms with van der Waals surface area (Å²) in [5, 5.41) is 20.9. The van der Waals surface area contributed by atoms with Crippen molar-refractivity contribution in [3.8, 4) is 11.5 Å². The lowest BCUT2D eigenvalue weighted by molar-refractivity contribution is -0.132. The van der Waals surface area contributed by atoms with Crippen LogP contribution < -0.4 is 14.4 Å². The van der Waals surface area contributed by atoms with Crippen molar-refractivity contribution in [2.75, 3.05) is 18.6 Å². The Kier molecular flexibility index (Phi) is 9.46. The van der Waals surface area contributed by atoms with Gasteiger partial charge in [0, 0.05) is 16.3 Å². The summed E-state index contributed by atoms with van der Waals surface area (Å²) in [6.07, 6.45) is 1.87. The molecule has 0 spiro atoms. The first-order valence-corrected chi connectivity index (χ1v) is 15.5. The average molecular weight is 622 g/mol. The molecule has 0 aliphatic carbocycles. The van der Waals surface area contributed by atoms with Crippen molar-refractivity contribution >= 4 is 57.3 Å². The van der Waals surface area contributed by atoms with Crippen LogP contribution in [0.4, 0.5) is 5.13 Å². The molecule has 1 unspecified atom stereocenters. The van der Waals surface area contributed by atoms with Crippen LogP contribution in [0.5, 0.6) is 11.5 Å².